The SMILES string of the molecule is CC(C)C(NC(=O)CCC(C)[C@H]1CC[C@H]2[C@@H]3CC[C@@H]4C[C@H](O)CC[C@]4(C)[C@H]3CC[C@]12C)C(=O)NC(CS)C(=O)O. The maximum Gasteiger partial charge on any atom is 0.327 e. The Morgan fingerprint density at radius 3 is 2.25 bits per heavy atom. The number of amides is 2. The topological polar surface area (TPSA) is 116 Å². The first kappa shape index (κ1) is 31.7. The molecule has 0 aromatic rings. The summed E-state index contributed by atoms with van der Waals surface area (Å²) in [6.45, 7) is 11.1. The molecule has 7 nitrogen and oxygen atoms in total. The zero-order valence-corrected chi connectivity index (χ0v) is 26.2. The highest BCUT2D eigenvalue weighted by Gasteiger charge is 2.60. The molecular formula is C32H54N2O5S. The Kier molecular flexibility index (Phi) is 9.91. The number of carboxylic acids is 1. The number of nitrogens with one attached hydrogen (secondary N) is 2. The summed E-state index contributed by atoms with van der Waals surface area (Å²) in [4.78, 5) is 37.0. The third kappa shape index (κ3) is 6.09. The lowest BCUT2D eigenvalue weighted by Gasteiger charge is -2.61. The lowest BCUT2D eigenvalue weighted by molar-refractivity contribution is -0.141. The molecule has 0 aromatic heterocycles. The molecule has 4 aliphatic carbocycles. The first-order chi connectivity index (χ1) is 18.8. The molecule has 0 aromatic carbocycles. The number of hydrogen-bond acceptors (Lipinski definition) is 5. The van der Waals surface area contributed by atoms with Gasteiger partial charge in [-0.3, -0.25) is 9.59 Å². The molecule has 4 rings (SSSR count). The zero-order chi connectivity index (χ0) is 29.4. The second-order valence-electron chi connectivity index (χ2n) is 14.7. The summed E-state index contributed by atoms with van der Waals surface area (Å²) in [5, 5.41) is 25.0. The van der Waals surface area contributed by atoms with Gasteiger partial charge in [0.15, 0.2) is 0 Å². The summed E-state index contributed by atoms with van der Waals surface area (Å²) in [5.41, 5.74) is 0.718. The van der Waals surface area contributed by atoms with E-state index in [0.717, 1.165) is 37.0 Å². The van der Waals surface area contributed by atoms with Crippen molar-refractivity contribution < 1.29 is 24.6 Å². The molecule has 0 saturated heterocycles. The van der Waals surface area contributed by atoms with E-state index in [0.29, 0.717) is 35.0 Å². The Balaban J connectivity index is 1.34. The van der Waals surface area contributed by atoms with Gasteiger partial charge in [0.2, 0.25) is 11.8 Å². The molecule has 11 atom stereocenters. The summed E-state index contributed by atoms with van der Waals surface area (Å²) >= 11 is 4.02. The fourth-order valence-corrected chi connectivity index (χ4v) is 10.2. The fourth-order valence-electron chi connectivity index (χ4n) is 10.00. The van der Waals surface area contributed by atoms with Crippen molar-refractivity contribution in [2.24, 2.45) is 52.3 Å². The summed E-state index contributed by atoms with van der Waals surface area (Å²) < 4.78 is 0. The number of fused-ring (bicyclic) bond motifs is 5. The number of carbonyl (C=O) groups excluding carboxylic acids is 2. The lowest BCUT2D eigenvalue weighted by atomic mass is 9.44. The Morgan fingerprint density at radius 2 is 1.60 bits per heavy atom. The smallest absolute Gasteiger partial charge is 0.327 e. The predicted molar refractivity (Wildman–Crippen MR) is 160 cm³/mol. The molecule has 4 fully saturated rings. The van der Waals surface area contributed by atoms with E-state index in [2.05, 4.69) is 44.0 Å². The molecule has 4 aliphatic rings. The molecule has 0 heterocycles. The van der Waals surface area contributed by atoms with E-state index in [4.69, 9.17) is 0 Å². The monoisotopic (exact) mass is 578 g/mol. The highest BCUT2D eigenvalue weighted by Crippen LogP contribution is 2.68. The molecule has 4 saturated carbocycles. The second-order valence-corrected chi connectivity index (χ2v) is 15.1. The maximum atomic E-state index is 13.0. The summed E-state index contributed by atoms with van der Waals surface area (Å²) in [7, 11) is 0. The summed E-state index contributed by atoms with van der Waals surface area (Å²) in [5.74, 6) is 2.15. The van der Waals surface area contributed by atoms with E-state index in [1.165, 1.54) is 44.9 Å². The van der Waals surface area contributed by atoms with Crippen molar-refractivity contribution in [3.05, 3.63) is 0 Å². The summed E-state index contributed by atoms with van der Waals surface area (Å²) in [6.07, 6.45) is 11.9. The van der Waals surface area contributed by atoms with Crippen molar-refractivity contribution in [1.29, 1.82) is 0 Å². The highest BCUT2D eigenvalue weighted by atomic mass is 32.1. The lowest BCUT2D eigenvalue weighted by Crippen LogP contribution is -2.54. The molecule has 8 heteroatoms. The number of aliphatic carboxylic acids is 1. The van der Waals surface area contributed by atoms with Crippen LogP contribution in [0.2, 0.25) is 0 Å². The van der Waals surface area contributed by atoms with E-state index in [1.807, 2.05) is 13.8 Å². The van der Waals surface area contributed by atoms with Gasteiger partial charge in [0.05, 0.1) is 6.10 Å². The van der Waals surface area contributed by atoms with Crippen LogP contribution in [0.25, 0.3) is 0 Å². The molecular weight excluding hydrogens is 524 g/mol. The molecule has 228 valence electrons. The van der Waals surface area contributed by atoms with Crippen molar-refractivity contribution in [2.45, 2.75) is 123 Å². The second kappa shape index (κ2) is 12.5. The number of thiol groups is 1. The van der Waals surface area contributed by atoms with Gasteiger partial charge < -0.3 is 20.8 Å². The third-order valence-corrected chi connectivity index (χ3v) is 12.7. The van der Waals surface area contributed by atoms with Crippen molar-refractivity contribution in [3.63, 3.8) is 0 Å². The van der Waals surface area contributed by atoms with Gasteiger partial charge in [-0.25, -0.2) is 4.79 Å². The van der Waals surface area contributed by atoms with Gasteiger partial charge in [0.1, 0.15) is 12.1 Å². The van der Waals surface area contributed by atoms with E-state index in [9.17, 15) is 24.6 Å². The first-order valence-corrected chi connectivity index (χ1v) is 16.6. The molecule has 0 radical (unpaired) electrons. The number of rotatable bonds is 10. The van der Waals surface area contributed by atoms with Crippen LogP contribution in [0.1, 0.15) is 105 Å². The van der Waals surface area contributed by atoms with E-state index >= 15 is 0 Å². The van der Waals surface area contributed by atoms with Crippen LogP contribution in [0.4, 0.5) is 0 Å². The largest absolute Gasteiger partial charge is 0.480 e. The van der Waals surface area contributed by atoms with E-state index in [1.54, 1.807) is 0 Å². The predicted octanol–water partition coefficient (Wildman–Crippen LogP) is 5.06. The van der Waals surface area contributed by atoms with E-state index in [-0.39, 0.29) is 23.7 Å². The number of hydrogen-bond donors (Lipinski definition) is 5. The van der Waals surface area contributed by atoms with Crippen LogP contribution >= 0.6 is 12.6 Å². The first-order valence-electron chi connectivity index (χ1n) is 15.9. The molecule has 0 aliphatic heterocycles. The Bertz CT molecular complexity index is 944. The Labute approximate surface area is 246 Å². The minimum atomic E-state index is -1.14. The van der Waals surface area contributed by atoms with Crippen molar-refractivity contribution in [1.82, 2.24) is 10.6 Å². The molecule has 3 unspecified atom stereocenters. The van der Waals surface area contributed by atoms with Crippen LogP contribution in [0.3, 0.4) is 0 Å². The molecule has 0 bridgehead atoms. The van der Waals surface area contributed by atoms with Crippen LogP contribution in [0.15, 0.2) is 0 Å². The van der Waals surface area contributed by atoms with Crippen molar-refractivity contribution in [3.8, 4) is 0 Å². The van der Waals surface area contributed by atoms with Crippen LogP contribution < -0.4 is 10.6 Å². The van der Waals surface area contributed by atoms with Gasteiger partial charge in [0, 0.05) is 12.2 Å². The van der Waals surface area contributed by atoms with Gasteiger partial charge in [-0.1, -0.05) is 34.6 Å². The van der Waals surface area contributed by atoms with Gasteiger partial charge in [-0.15, -0.1) is 0 Å². The third-order valence-electron chi connectivity index (χ3n) is 12.3. The number of carboxylic acid groups (broad SMARTS) is 1. The minimum absolute atomic E-state index is 0.0109. The number of aliphatic hydroxyl groups excluding tert-OH is 1. The Morgan fingerprint density at radius 1 is 0.925 bits per heavy atom. The minimum Gasteiger partial charge on any atom is -0.480 e. The van der Waals surface area contributed by atoms with Crippen LogP contribution in [0, 0.1) is 52.3 Å². The van der Waals surface area contributed by atoms with Crippen molar-refractivity contribution >= 4 is 30.4 Å². The molecule has 40 heavy (non-hydrogen) atoms. The number of aliphatic hydroxyl groups is 1. The molecule has 0 spiro atoms. The van der Waals surface area contributed by atoms with Crippen LogP contribution in [-0.2, 0) is 14.4 Å². The average molecular weight is 579 g/mol. The van der Waals surface area contributed by atoms with Crippen LogP contribution in [-0.4, -0.2) is 51.9 Å². The Hall–Kier alpha value is -1.28. The summed E-state index contributed by atoms with van der Waals surface area (Å²) in [6, 6.07) is -1.85. The van der Waals surface area contributed by atoms with Crippen LogP contribution in [0.5, 0.6) is 0 Å². The molecule has 2 amide bonds. The van der Waals surface area contributed by atoms with Gasteiger partial charge in [0.25, 0.3) is 0 Å². The number of carbonyl (C=O) groups is 3. The highest BCUT2D eigenvalue weighted by molar-refractivity contribution is 7.80. The van der Waals surface area contributed by atoms with Gasteiger partial charge in [-0.05, 0) is 116 Å². The van der Waals surface area contributed by atoms with Crippen molar-refractivity contribution in [2.75, 3.05) is 5.75 Å². The van der Waals surface area contributed by atoms with Gasteiger partial charge >= 0.3 is 5.97 Å². The normalized spacial score (nSPS) is 39.3. The quantitative estimate of drug-likeness (QED) is 0.232. The maximum absolute atomic E-state index is 13.0. The van der Waals surface area contributed by atoms with E-state index < -0.39 is 24.0 Å². The van der Waals surface area contributed by atoms with Gasteiger partial charge in [-0.2, -0.15) is 12.6 Å². The average Bonchev–Trinajstić information content (AvgIpc) is 3.26. The fraction of sp³-hybridized carbons (Fsp3) is 0.906. The molecule has 4 N–H and O–H groups in total. The standard InChI is InChI=1S/C32H54N2O5S/c1-18(2)28(29(37)33-26(17-40)30(38)39)34-27(36)11-6-19(3)23-9-10-24-22-8-7-20-16-21(35)12-14-31(20,4)25(22)13-15-32(23,24)5/h18-26,28,35,40H,6-17H2,1-5H3,(H,33,37)(H,34,36)(H,38,39)/t19?,20-,21-,22+,23-,24+,25+,26?,28?,31+,32-/m1/s1. The zero-order valence-electron chi connectivity index (χ0n) is 25.3.